The first-order chi connectivity index (χ1) is 8.04. The molecule has 0 aliphatic heterocycles. The summed E-state index contributed by atoms with van der Waals surface area (Å²) in [5, 5.41) is 19.9. The molecule has 1 aliphatic carbocycles. The number of nitriles is 1. The molecule has 0 amide bonds. The molecule has 0 fully saturated rings. The van der Waals surface area contributed by atoms with Gasteiger partial charge in [-0.25, -0.2) is 0 Å². The number of hydrogen-bond donors (Lipinski definition) is 1. The van der Waals surface area contributed by atoms with Gasteiger partial charge in [-0.1, -0.05) is 23.2 Å². The lowest BCUT2D eigenvalue weighted by molar-refractivity contribution is 0.0835. The maximum absolute atomic E-state index is 10.1. The minimum absolute atomic E-state index is 0.208. The Kier molecular flexibility index (Phi) is 3.60. The van der Waals surface area contributed by atoms with Gasteiger partial charge in [0.25, 0.3) is 0 Å². The molecule has 5 heteroatoms. The van der Waals surface area contributed by atoms with Crippen LogP contribution in [0.4, 0.5) is 0 Å². The molecule has 1 aromatic carbocycles. The molecule has 0 heterocycles. The van der Waals surface area contributed by atoms with Crippen LogP contribution in [0.25, 0.3) is 0 Å². The molecule has 0 bridgehead atoms. The van der Waals surface area contributed by atoms with E-state index in [0.29, 0.717) is 16.5 Å². The van der Waals surface area contributed by atoms with Gasteiger partial charge in [-0.3, -0.25) is 4.90 Å². The van der Waals surface area contributed by atoms with Gasteiger partial charge in [-0.2, -0.15) is 5.26 Å². The van der Waals surface area contributed by atoms with E-state index in [1.165, 1.54) is 0 Å². The molecule has 3 nitrogen and oxygen atoms in total. The Balaban J connectivity index is 2.43. The van der Waals surface area contributed by atoms with Crippen molar-refractivity contribution in [3.63, 3.8) is 0 Å². The van der Waals surface area contributed by atoms with Crippen molar-refractivity contribution in [3.05, 3.63) is 33.3 Å². The van der Waals surface area contributed by atoms with E-state index >= 15 is 0 Å². The molecule has 0 spiro atoms. The molecule has 1 aliphatic rings. The third-order valence-electron chi connectivity index (χ3n) is 3.09. The fraction of sp³-hybridized carbons (Fsp3) is 0.417. The van der Waals surface area contributed by atoms with Gasteiger partial charge in [-0.15, -0.1) is 0 Å². The molecule has 90 valence electrons. The SMILES string of the molecule is CN(CC#N)[C@@H]1c2cc(Cl)cc(Cl)c2C[C@@H]1O. The highest BCUT2D eigenvalue weighted by atomic mass is 35.5. The summed E-state index contributed by atoms with van der Waals surface area (Å²) in [4.78, 5) is 1.81. The zero-order valence-corrected chi connectivity index (χ0v) is 10.8. The highest BCUT2D eigenvalue weighted by Crippen LogP contribution is 2.40. The molecule has 1 N–H and O–H groups in total. The van der Waals surface area contributed by atoms with Gasteiger partial charge in [-0.05, 0) is 30.3 Å². The average Bonchev–Trinajstić information content (AvgIpc) is 2.55. The van der Waals surface area contributed by atoms with Crippen molar-refractivity contribution in [1.29, 1.82) is 5.26 Å². The minimum Gasteiger partial charge on any atom is -0.391 e. The fourth-order valence-corrected chi connectivity index (χ4v) is 2.96. The van der Waals surface area contributed by atoms with Crippen LogP contribution in [-0.2, 0) is 6.42 Å². The van der Waals surface area contributed by atoms with Gasteiger partial charge < -0.3 is 5.11 Å². The molecule has 1 aromatic rings. The molecule has 0 aromatic heterocycles. The molecule has 2 atom stereocenters. The van der Waals surface area contributed by atoms with E-state index in [4.69, 9.17) is 28.5 Å². The molecule has 0 saturated carbocycles. The number of fused-ring (bicyclic) bond motifs is 1. The summed E-state index contributed by atoms with van der Waals surface area (Å²) in [5.41, 5.74) is 1.85. The standard InChI is InChI=1S/C12H12Cl2N2O/c1-16(3-2-15)12-9-4-7(13)5-10(14)8(9)6-11(12)17/h4-5,11-12,17H,3,6H2,1H3/t11-,12+/m0/s1. The Morgan fingerprint density at radius 3 is 2.88 bits per heavy atom. The summed E-state index contributed by atoms with van der Waals surface area (Å²) in [6, 6.07) is 5.37. The number of halogens is 2. The lowest BCUT2D eigenvalue weighted by Gasteiger charge is -2.25. The van der Waals surface area contributed by atoms with Crippen LogP contribution in [0.15, 0.2) is 12.1 Å². The van der Waals surface area contributed by atoms with E-state index in [-0.39, 0.29) is 12.6 Å². The monoisotopic (exact) mass is 270 g/mol. The maximum atomic E-state index is 10.1. The largest absolute Gasteiger partial charge is 0.391 e. The number of likely N-dealkylation sites (N-methyl/N-ethyl adjacent to an activating group) is 1. The second-order valence-electron chi connectivity index (χ2n) is 4.24. The Labute approximate surface area is 110 Å². The van der Waals surface area contributed by atoms with Crippen molar-refractivity contribution < 1.29 is 5.11 Å². The molecular weight excluding hydrogens is 259 g/mol. The lowest BCUT2D eigenvalue weighted by atomic mass is 10.1. The minimum atomic E-state index is -0.542. The molecule has 17 heavy (non-hydrogen) atoms. The Hall–Kier alpha value is -0.790. The van der Waals surface area contributed by atoms with E-state index in [0.717, 1.165) is 11.1 Å². The summed E-state index contributed by atoms with van der Waals surface area (Å²) >= 11 is 12.1. The fourth-order valence-electron chi connectivity index (χ4n) is 2.37. The van der Waals surface area contributed by atoms with Crippen LogP contribution in [0.1, 0.15) is 17.2 Å². The number of hydrogen-bond acceptors (Lipinski definition) is 3. The molecule has 0 saturated heterocycles. The van der Waals surface area contributed by atoms with Crippen LogP contribution in [0, 0.1) is 11.3 Å². The van der Waals surface area contributed by atoms with Gasteiger partial charge in [0.05, 0.1) is 24.8 Å². The van der Waals surface area contributed by atoms with E-state index in [2.05, 4.69) is 6.07 Å². The van der Waals surface area contributed by atoms with Crippen molar-refractivity contribution in [2.45, 2.75) is 18.6 Å². The van der Waals surface area contributed by atoms with E-state index in [1.54, 1.807) is 13.1 Å². The van der Waals surface area contributed by atoms with Gasteiger partial charge in [0.1, 0.15) is 0 Å². The molecule has 2 rings (SSSR count). The first-order valence-corrected chi connectivity index (χ1v) is 6.03. The van der Waals surface area contributed by atoms with Crippen LogP contribution in [0.2, 0.25) is 10.0 Å². The van der Waals surface area contributed by atoms with Gasteiger partial charge in [0, 0.05) is 16.5 Å². The van der Waals surface area contributed by atoms with Crippen LogP contribution in [0.3, 0.4) is 0 Å². The second kappa shape index (κ2) is 4.83. The van der Waals surface area contributed by atoms with E-state index in [1.807, 2.05) is 11.0 Å². The number of nitrogens with zero attached hydrogens (tertiary/aromatic N) is 2. The summed E-state index contributed by atoms with van der Waals surface area (Å²) in [6.07, 6.45) is -0.0366. The third-order valence-corrected chi connectivity index (χ3v) is 3.64. The van der Waals surface area contributed by atoms with Crippen LogP contribution in [-0.4, -0.2) is 29.7 Å². The van der Waals surface area contributed by atoms with E-state index in [9.17, 15) is 5.11 Å². The predicted octanol–water partition coefficient (Wildman–Crippen LogP) is 2.41. The van der Waals surface area contributed by atoms with Crippen molar-refractivity contribution in [2.24, 2.45) is 0 Å². The molecule has 0 radical (unpaired) electrons. The Bertz CT molecular complexity index is 484. The van der Waals surface area contributed by atoms with Crippen molar-refractivity contribution in [1.82, 2.24) is 4.90 Å². The summed E-state index contributed by atoms with van der Waals surface area (Å²) in [7, 11) is 1.81. The number of benzene rings is 1. The van der Waals surface area contributed by atoms with Crippen molar-refractivity contribution in [3.8, 4) is 6.07 Å². The average molecular weight is 271 g/mol. The first kappa shape index (κ1) is 12.7. The van der Waals surface area contributed by atoms with E-state index < -0.39 is 6.10 Å². The Morgan fingerprint density at radius 2 is 2.24 bits per heavy atom. The highest BCUT2D eigenvalue weighted by molar-refractivity contribution is 6.35. The zero-order chi connectivity index (χ0) is 12.6. The highest BCUT2D eigenvalue weighted by Gasteiger charge is 2.35. The van der Waals surface area contributed by atoms with Crippen LogP contribution in [0.5, 0.6) is 0 Å². The number of rotatable bonds is 2. The predicted molar refractivity (Wildman–Crippen MR) is 67.2 cm³/mol. The maximum Gasteiger partial charge on any atom is 0.0869 e. The summed E-state index contributed by atoms with van der Waals surface area (Å²) < 4.78 is 0. The zero-order valence-electron chi connectivity index (χ0n) is 9.32. The van der Waals surface area contributed by atoms with Gasteiger partial charge in [0.2, 0.25) is 0 Å². The van der Waals surface area contributed by atoms with Crippen molar-refractivity contribution in [2.75, 3.05) is 13.6 Å². The molecular formula is C12H12Cl2N2O. The van der Waals surface area contributed by atoms with Crippen LogP contribution >= 0.6 is 23.2 Å². The number of aliphatic hydroxyl groups excluding tert-OH is 1. The quantitative estimate of drug-likeness (QED) is 0.840. The normalized spacial score (nSPS) is 22.6. The second-order valence-corrected chi connectivity index (χ2v) is 5.09. The van der Waals surface area contributed by atoms with Crippen LogP contribution < -0.4 is 0 Å². The third kappa shape index (κ3) is 2.27. The lowest BCUT2D eigenvalue weighted by Crippen LogP contribution is -2.31. The van der Waals surface area contributed by atoms with Gasteiger partial charge in [0.15, 0.2) is 0 Å². The van der Waals surface area contributed by atoms with Crippen molar-refractivity contribution >= 4 is 23.2 Å². The smallest absolute Gasteiger partial charge is 0.0869 e. The summed E-state index contributed by atoms with van der Waals surface area (Å²) in [5.74, 6) is 0. The Morgan fingerprint density at radius 1 is 1.53 bits per heavy atom. The topological polar surface area (TPSA) is 47.3 Å². The van der Waals surface area contributed by atoms with Gasteiger partial charge >= 0.3 is 0 Å². The first-order valence-electron chi connectivity index (χ1n) is 5.27. The number of aliphatic hydroxyl groups is 1. The summed E-state index contributed by atoms with van der Waals surface area (Å²) in [6.45, 7) is 0.255. The molecule has 0 unspecified atom stereocenters.